The SMILES string of the molecule is CCCOc1ccc(C(=O)NC(=S)Nc2ccc(S(=O)(=O)N(C)C3CCCCC3)cc2)cc1Br. The van der Waals surface area contributed by atoms with Crippen LogP contribution in [0.3, 0.4) is 0 Å². The fourth-order valence-corrected chi connectivity index (χ4v) is 5.95. The standard InChI is InChI=1S/C24H30BrN3O4S2/c1-3-15-32-22-14-9-17(16-21(22)25)23(29)27-24(33)26-18-10-12-20(13-11-18)34(30,31)28(2)19-7-5-4-6-8-19/h9-14,16,19H,3-8,15H2,1-2H3,(H2,26,27,29,33). The minimum atomic E-state index is -3.56. The molecule has 2 aromatic rings. The van der Waals surface area contributed by atoms with Gasteiger partial charge >= 0.3 is 0 Å². The van der Waals surface area contributed by atoms with Crippen LogP contribution in [-0.2, 0) is 10.0 Å². The molecule has 0 radical (unpaired) electrons. The van der Waals surface area contributed by atoms with Crippen LogP contribution in [0.5, 0.6) is 5.75 Å². The second-order valence-electron chi connectivity index (χ2n) is 8.24. The molecule has 1 fully saturated rings. The zero-order valence-electron chi connectivity index (χ0n) is 19.3. The van der Waals surface area contributed by atoms with E-state index in [9.17, 15) is 13.2 Å². The maximum Gasteiger partial charge on any atom is 0.257 e. The molecule has 0 aromatic heterocycles. The Bertz CT molecular complexity index is 1120. The zero-order chi connectivity index (χ0) is 24.7. The molecule has 10 heteroatoms. The average molecular weight is 569 g/mol. The summed E-state index contributed by atoms with van der Waals surface area (Å²) in [6, 6.07) is 11.5. The van der Waals surface area contributed by atoms with Crippen LogP contribution in [0.2, 0.25) is 0 Å². The van der Waals surface area contributed by atoms with Crippen LogP contribution in [-0.4, -0.2) is 43.4 Å². The highest BCUT2D eigenvalue weighted by atomic mass is 79.9. The third-order valence-electron chi connectivity index (χ3n) is 5.76. The zero-order valence-corrected chi connectivity index (χ0v) is 22.6. The van der Waals surface area contributed by atoms with E-state index in [1.54, 1.807) is 49.5 Å². The van der Waals surface area contributed by atoms with E-state index in [4.69, 9.17) is 17.0 Å². The Morgan fingerprint density at radius 2 is 1.82 bits per heavy atom. The lowest BCUT2D eigenvalue weighted by atomic mass is 9.96. The van der Waals surface area contributed by atoms with E-state index in [-0.39, 0.29) is 22.0 Å². The van der Waals surface area contributed by atoms with Crippen LogP contribution < -0.4 is 15.4 Å². The number of carbonyl (C=O) groups is 1. The number of nitrogens with zero attached hydrogens (tertiary/aromatic N) is 1. The number of anilines is 1. The van der Waals surface area contributed by atoms with Crippen molar-refractivity contribution in [3.63, 3.8) is 0 Å². The third-order valence-corrected chi connectivity index (χ3v) is 8.51. The van der Waals surface area contributed by atoms with Crippen molar-refractivity contribution in [2.75, 3.05) is 19.0 Å². The molecule has 0 saturated heterocycles. The predicted octanol–water partition coefficient (Wildman–Crippen LogP) is 5.32. The van der Waals surface area contributed by atoms with E-state index in [1.165, 1.54) is 4.31 Å². The Kier molecular flexibility index (Phi) is 9.47. The number of rotatable bonds is 8. The van der Waals surface area contributed by atoms with Crippen molar-refractivity contribution in [2.24, 2.45) is 0 Å². The summed E-state index contributed by atoms with van der Waals surface area (Å²) in [7, 11) is -1.91. The van der Waals surface area contributed by atoms with E-state index < -0.39 is 10.0 Å². The van der Waals surface area contributed by atoms with Gasteiger partial charge in [0.2, 0.25) is 10.0 Å². The van der Waals surface area contributed by atoms with Crippen molar-refractivity contribution in [1.29, 1.82) is 0 Å². The van der Waals surface area contributed by atoms with Crippen molar-refractivity contribution in [1.82, 2.24) is 9.62 Å². The first-order valence-corrected chi connectivity index (χ1v) is 14.0. The minimum Gasteiger partial charge on any atom is -0.492 e. The number of thiocarbonyl (C=S) groups is 1. The molecule has 3 rings (SSSR count). The highest BCUT2D eigenvalue weighted by Gasteiger charge is 2.28. The third kappa shape index (κ3) is 6.78. The van der Waals surface area contributed by atoms with E-state index >= 15 is 0 Å². The summed E-state index contributed by atoms with van der Waals surface area (Å²) >= 11 is 8.67. The fourth-order valence-electron chi connectivity index (χ4n) is 3.83. The number of nitrogens with one attached hydrogen (secondary N) is 2. The molecule has 34 heavy (non-hydrogen) atoms. The van der Waals surface area contributed by atoms with E-state index in [0.717, 1.165) is 38.5 Å². The first-order valence-electron chi connectivity index (χ1n) is 11.3. The largest absolute Gasteiger partial charge is 0.492 e. The first kappa shape index (κ1) is 26.6. The lowest BCUT2D eigenvalue weighted by Crippen LogP contribution is -2.38. The maximum atomic E-state index is 13.0. The molecule has 1 amide bonds. The number of hydrogen-bond donors (Lipinski definition) is 2. The molecule has 1 saturated carbocycles. The summed E-state index contributed by atoms with van der Waals surface area (Å²) in [4.78, 5) is 12.8. The fraction of sp³-hybridized carbons (Fsp3) is 0.417. The lowest BCUT2D eigenvalue weighted by Gasteiger charge is -2.30. The number of hydrogen-bond acceptors (Lipinski definition) is 5. The topological polar surface area (TPSA) is 87.7 Å². The maximum absolute atomic E-state index is 13.0. The van der Waals surface area contributed by atoms with Gasteiger partial charge in [-0.25, -0.2) is 8.42 Å². The van der Waals surface area contributed by atoms with Gasteiger partial charge in [0.25, 0.3) is 5.91 Å². The molecule has 7 nitrogen and oxygen atoms in total. The van der Waals surface area contributed by atoms with Gasteiger partial charge in [-0.3, -0.25) is 10.1 Å². The average Bonchev–Trinajstić information content (AvgIpc) is 2.83. The first-order chi connectivity index (χ1) is 16.2. The van der Waals surface area contributed by atoms with Gasteiger partial charge in [-0.05, 0) is 89.9 Å². The second kappa shape index (κ2) is 12.1. The number of ether oxygens (including phenoxy) is 1. The molecule has 0 spiro atoms. The monoisotopic (exact) mass is 567 g/mol. The Morgan fingerprint density at radius 3 is 2.44 bits per heavy atom. The molecule has 1 aliphatic carbocycles. The van der Waals surface area contributed by atoms with Crippen LogP contribution >= 0.6 is 28.1 Å². The molecule has 2 N–H and O–H groups in total. The smallest absolute Gasteiger partial charge is 0.257 e. The normalized spacial score (nSPS) is 14.6. The van der Waals surface area contributed by atoms with Gasteiger partial charge in [-0.1, -0.05) is 26.2 Å². The second-order valence-corrected chi connectivity index (χ2v) is 11.5. The van der Waals surface area contributed by atoms with Crippen molar-refractivity contribution < 1.29 is 17.9 Å². The minimum absolute atomic E-state index is 0.0478. The number of amides is 1. The lowest BCUT2D eigenvalue weighted by molar-refractivity contribution is 0.0977. The summed E-state index contributed by atoms with van der Waals surface area (Å²) in [5.74, 6) is 0.303. The quantitative estimate of drug-likeness (QED) is 0.420. The molecule has 1 aliphatic rings. The Morgan fingerprint density at radius 1 is 1.15 bits per heavy atom. The molecule has 0 atom stereocenters. The van der Waals surface area contributed by atoms with Crippen LogP contribution in [0, 0.1) is 0 Å². The molecule has 0 heterocycles. The predicted molar refractivity (Wildman–Crippen MR) is 142 cm³/mol. The van der Waals surface area contributed by atoms with Gasteiger partial charge in [0.05, 0.1) is 16.0 Å². The van der Waals surface area contributed by atoms with Crippen LogP contribution in [0.25, 0.3) is 0 Å². The van der Waals surface area contributed by atoms with Crippen LogP contribution in [0.4, 0.5) is 5.69 Å². The number of sulfonamides is 1. The number of halogens is 1. The van der Waals surface area contributed by atoms with Gasteiger partial charge in [-0.2, -0.15) is 4.31 Å². The highest BCUT2D eigenvalue weighted by molar-refractivity contribution is 9.10. The number of benzene rings is 2. The Hall–Kier alpha value is -2.01. The van der Waals surface area contributed by atoms with Crippen molar-refractivity contribution >= 4 is 54.9 Å². The highest BCUT2D eigenvalue weighted by Crippen LogP contribution is 2.28. The molecule has 184 valence electrons. The summed E-state index contributed by atoms with van der Waals surface area (Å²) in [6.07, 6.45) is 5.97. The molecular formula is C24H30BrN3O4S2. The van der Waals surface area contributed by atoms with Crippen LogP contribution in [0.15, 0.2) is 51.8 Å². The van der Waals surface area contributed by atoms with Gasteiger partial charge in [-0.15, -0.1) is 0 Å². The molecule has 2 aromatic carbocycles. The Labute approximate surface area is 215 Å². The summed E-state index contributed by atoms with van der Waals surface area (Å²) in [5.41, 5.74) is 1.00. The summed E-state index contributed by atoms with van der Waals surface area (Å²) in [5, 5.41) is 5.67. The number of carbonyl (C=O) groups excluding carboxylic acids is 1. The summed E-state index contributed by atoms with van der Waals surface area (Å²) in [6.45, 7) is 2.61. The van der Waals surface area contributed by atoms with Gasteiger partial charge in [0, 0.05) is 24.3 Å². The van der Waals surface area contributed by atoms with Gasteiger partial charge < -0.3 is 10.1 Å². The van der Waals surface area contributed by atoms with Gasteiger partial charge in [0.1, 0.15) is 5.75 Å². The van der Waals surface area contributed by atoms with Crippen molar-refractivity contribution in [3.05, 3.63) is 52.5 Å². The molecular weight excluding hydrogens is 538 g/mol. The van der Waals surface area contributed by atoms with Crippen molar-refractivity contribution in [2.45, 2.75) is 56.4 Å². The summed E-state index contributed by atoms with van der Waals surface area (Å²) < 4.78 is 33.8. The van der Waals surface area contributed by atoms with E-state index in [1.807, 2.05) is 6.92 Å². The van der Waals surface area contributed by atoms with Gasteiger partial charge in [0.15, 0.2) is 5.11 Å². The van der Waals surface area contributed by atoms with E-state index in [0.29, 0.717) is 28.1 Å². The molecule has 0 unspecified atom stereocenters. The van der Waals surface area contributed by atoms with Crippen LogP contribution in [0.1, 0.15) is 55.8 Å². The van der Waals surface area contributed by atoms with Crippen molar-refractivity contribution in [3.8, 4) is 5.75 Å². The van der Waals surface area contributed by atoms with E-state index in [2.05, 4.69) is 26.6 Å². The molecule has 0 bridgehead atoms. The molecule has 0 aliphatic heterocycles. The Balaban J connectivity index is 1.59.